The summed E-state index contributed by atoms with van der Waals surface area (Å²) in [6.07, 6.45) is -0.746. The lowest BCUT2D eigenvalue weighted by Crippen LogP contribution is -2.25. The monoisotopic (exact) mass is 244 g/mol. The quantitative estimate of drug-likeness (QED) is 0.252. The number of ether oxygens (including phenoxy) is 1. The summed E-state index contributed by atoms with van der Waals surface area (Å²) in [4.78, 5) is 61.5. The molecule has 0 aromatic carbocycles. The van der Waals surface area contributed by atoms with Crippen LogP contribution in [0.15, 0.2) is 11.8 Å². The van der Waals surface area contributed by atoms with Crippen molar-refractivity contribution < 1.29 is 43.6 Å². The molecule has 9 nitrogen and oxygen atoms in total. The van der Waals surface area contributed by atoms with Crippen LogP contribution in [-0.2, 0) is 38.5 Å². The molecule has 0 amide bonds. The van der Waals surface area contributed by atoms with Crippen molar-refractivity contribution >= 4 is 29.7 Å². The Balaban J connectivity index is 2.99. The van der Waals surface area contributed by atoms with Gasteiger partial charge in [0.15, 0.2) is 0 Å². The van der Waals surface area contributed by atoms with Crippen LogP contribution in [0, 0.1) is 0 Å². The molecule has 1 heterocycles. The smallest absolute Gasteiger partial charge is 0.422 e. The van der Waals surface area contributed by atoms with Crippen molar-refractivity contribution in [2.75, 3.05) is 0 Å². The minimum atomic E-state index is -1.73. The molecule has 0 saturated carbocycles. The minimum Gasteiger partial charge on any atom is -0.475 e. The van der Waals surface area contributed by atoms with Crippen molar-refractivity contribution in [2.24, 2.45) is 0 Å². The number of carboxylic acids is 1. The van der Waals surface area contributed by atoms with E-state index in [1.165, 1.54) is 0 Å². The number of carboxylic acid groups (broad SMARTS) is 1. The molecule has 0 aromatic heterocycles. The van der Waals surface area contributed by atoms with Crippen molar-refractivity contribution in [3.8, 4) is 0 Å². The van der Waals surface area contributed by atoms with Crippen molar-refractivity contribution in [2.45, 2.75) is 6.42 Å². The predicted octanol–water partition coefficient (Wildman–Crippen LogP) is -1.53. The number of ketones is 1. The number of carbonyl (C=O) groups excluding carboxylic acids is 4. The first-order chi connectivity index (χ1) is 7.90. The highest BCUT2D eigenvalue weighted by Gasteiger charge is 2.27. The number of hydrogen-bond donors (Lipinski definition) is 1. The van der Waals surface area contributed by atoms with Gasteiger partial charge in [-0.15, -0.1) is 0 Å². The fourth-order valence-electron chi connectivity index (χ4n) is 0.753. The first-order valence-corrected chi connectivity index (χ1v) is 4.01. The Labute approximate surface area is 92.5 Å². The number of Topliss-reactive ketones (excluding diaryl/α,β-unsaturated/α-hetero) is 1. The number of rotatable bonds is 1. The van der Waals surface area contributed by atoms with Crippen molar-refractivity contribution in [3.05, 3.63) is 11.8 Å². The predicted molar refractivity (Wildman–Crippen MR) is 43.6 cm³/mol. The van der Waals surface area contributed by atoms with Gasteiger partial charge in [0.1, 0.15) is 6.42 Å². The molecule has 17 heavy (non-hydrogen) atoms. The van der Waals surface area contributed by atoms with Gasteiger partial charge < -0.3 is 9.84 Å². The van der Waals surface area contributed by atoms with Gasteiger partial charge in [0.2, 0.25) is 5.76 Å². The molecule has 0 aliphatic carbocycles. The van der Waals surface area contributed by atoms with Gasteiger partial charge in [0.05, 0.1) is 6.08 Å². The van der Waals surface area contributed by atoms with Gasteiger partial charge >= 0.3 is 23.9 Å². The van der Waals surface area contributed by atoms with Crippen LogP contribution in [0.4, 0.5) is 0 Å². The standard InChI is InChI=1S/C8H4O9/c9-3-1-5(10)15-4(7(12)13)2-6(11)16-17-8(3)14/h2H,1H2,(H,12,13)/b4-2-. The van der Waals surface area contributed by atoms with Crippen LogP contribution in [-0.4, -0.2) is 34.8 Å². The van der Waals surface area contributed by atoms with E-state index in [0.717, 1.165) is 0 Å². The van der Waals surface area contributed by atoms with Crippen LogP contribution in [0.5, 0.6) is 0 Å². The lowest BCUT2D eigenvalue weighted by molar-refractivity contribution is -0.253. The summed E-state index contributed by atoms with van der Waals surface area (Å²) >= 11 is 0. The van der Waals surface area contributed by atoms with Gasteiger partial charge in [-0.1, -0.05) is 0 Å². The van der Waals surface area contributed by atoms with Crippen LogP contribution in [0.1, 0.15) is 6.42 Å². The Morgan fingerprint density at radius 1 is 1.18 bits per heavy atom. The summed E-state index contributed by atoms with van der Waals surface area (Å²) in [7, 11) is 0. The maximum absolute atomic E-state index is 11.0. The summed E-state index contributed by atoms with van der Waals surface area (Å²) in [6, 6.07) is 0. The summed E-state index contributed by atoms with van der Waals surface area (Å²) in [5.41, 5.74) is 0. The summed E-state index contributed by atoms with van der Waals surface area (Å²) in [5, 5.41) is 8.52. The number of aliphatic carboxylic acids is 1. The van der Waals surface area contributed by atoms with E-state index in [1.54, 1.807) is 0 Å². The van der Waals surface area contributed by atoms with Crippen molar-refractivity contribution in [3.63, 3.8) is 0 Å². The molecule has 1 aliphatic rings. The second-order valence-corrected chi connectivity index (χ2v) is 2.66. The maximum Gasteiger partial charge on any atom is 0.422 e. The highest BCUT2D eigenvalue weighted by atomic mass is 17.2. The van der Waals surface area contributed by atoms with Crippen LogP contribution in [0.3, 0.4) is 0 Å². The molecule has 0 unspecified atom stereocenters. The van der Waals surface area contributed by atoms with E-state index < -0.39 is 41.8 Å². The van der Waals surface area contributed by atoms with Gasteiger partial charge in [0.25, 0.3) is 5.78 Å². The Morgan fingerprint density at radius 3 is 2.41 bits per heavy atom. The molecule has 0 fully saturated rings. The molecule has 9 heteroatoms. The normalized spacial score (nSPS) is 20.6. The van der Waals surface area contributed by atoms with E-state index in [9.17, 15) is 24.0 Å². The second kappa shape index (κ2) is 4.88. The van der Waals surface area contributed by atoms with E-state index in [1.807, 2.05) is 0 Å². The van der Waals surface area contributed by atoms with Crippen LogP contribution >= 0.6 is 0 Å². The van der Waals surface area contributed by atoms with Crippen LogP contribution in [0.25, 0.3) is 0 Å². The van der Waals surface area contributed by atoms with E-state index in [0.29, 0.717) is 0 Å². The summed E-state index contributed by atoms with van der Waals surface area (Å²) < 4.78 is 4.17. The summed E-state index contributed by atoms with van der Waals surface area (Å²) in [5.74, 6) is -8.41. The number of carbonyl (C=O) groups is 5. The zero-order valence-corrected chi connectivity index (χ0v) is 8.00. The average molecular weight is 244 g/mol. The van der Waals surface area contributed by atoms with Gasteiger partial charge in [0, 0.05) is 0 Å². The van der Waals surface area contributed by atoms with Crippen molar-refractivity contribution in [1.29, 1.82) is 0 Å². The minimum absolute atomic E-state index is 0.281. The average Bonchev–Trinajstić information content (AvgIpc) is 2.23. The number of esters is 1. The third-order valence-corrected chi connectivity index (χ3v) is 1.42. The molecular formula is C8H4O9. The third kappa shape index (κ3) is 3.41. The summed E-state index contributed by atoms with van der Waals surface area (Å²) in [6.45, 7) is 0. The molecule has 0 saturated heterocycles. The Morgan fingerprint density at radius 2 is 1.82 bits per heavy atom. The molecule has 0 radical (unpaired) electrons. The molecule has 1 rings (SSSR count). The van der Waals surface area contributed by atoms with Crippen LogP contribution in [0.2, 0.25) is 0 Å². The first-order valence-electron chi connectivity index (χ1n) is 4.01. The van der Waals surface area contributed by atoms with E-state index in [4.69, 9.17) is 5.11 Å². The highest BCUT2D eigenvalue weighted by Crippen LogP contribution is 2.05. The molecule has 0 aromatic rings. The Hall–Kier alpha value is -2.71. The molecule has 1 aliphatic heterocycles. The Bertz CT molecular complexity index is 444. The largest absolute Gasteiger partial charge is 0.475 e. The number of cyclic esters (lactones) is 1. The van der Waals surface area contributed by atoms with Gasteiger partial charge in [-0.05, 0) is 0 Å². The van der Waals surface area contributed by atoms with E-state index >= 15 is 0 Å². The first kappa shape index (κ1) is 12.4. The molecule has 0 atom stereocenters. The van der Waals surface area contributed by atoms with Gasteiger partial charge in [-0.2, -0.15) is 0 Å². The molecule has 1 N–H and O–H groups in total. The topological polar surface area (TPSA) is 133 Å². The highest BCUT2D eigenvalue weighted by molar-refractivity contribution is 6.36. The van der Waals surface area contributed by atoms with E-state index in [-0.39, 0.29) is 6.08 Å². The zero-order chi connectivity index (χ0) is 13.0. The van der Waals surface area contributed by atoms with Gasteiger partial charge in [-0.3, -0.25) is 9.59 Å². The SMILES string of the molecule is O=C1/C=C(/C(=O)O)OC(=O)CC(=O)C(=O)OO1. The number of hydrogen-bond acceptors (Lipinski definition) is 8. The fourth-order valence-corrected chi connectivity index (χ4v) is 0.753. The lowest BCUT2D eigenvalue weighted by Gasteiger charge is -2.06. The second-order valence-electron chi connectivity index (χ2n) is 2.66. The van der Waals surface area contributed by atoms with Gasteiger partial charge in [-0.25, -0.2) is 24.2 Å². The zero-order valence-electron chi connectivity index (χ0n) is 8.00. The molecule has 0 bridgehead atoms. The maximum atomic E-state index is 11.0. The lowest BCUT2D eigenvalue weighted by atomic mass is 10.3. The van der Waals surface area contributed by atoms with Crippen molar-refractivity contribution in [1.82, 2.24) is 0 Å². The fraction of sp³-hybridized carbons (Fsp3) is 0.125. The molecular weight excluding hydrogens is 240 g/mol. The van der Waals surface area contributed by atoms with E-state index in [2.05, 4.69) is 14.5 Å². The molecule has 0 spiro atoms. The third-order valence-electron chi connectivity index (χ3n) is 1.42. The Kier molecular flexibility index (Phi) is 3.55. The molecule has 90 valence electrons. The van der Waals surface area contributed by atoms with Crippen LogP contribution < -0.4 is 0 Å².